The SMILES string of the molecule is COC(=O)/C(=C/c1ccc(C)cc1)CBr. The smallest absolute Gasteiger partial charge is 0.334 e. The topological polar surface area (TPSA) is 26.3 Å². The van der Waals surface area contributed by atoms with Gasteiger partial charge >= 0.3 is 5.97 Å². The van der Waals surface area contributed by atoms with Crippen LogP contribution < -0.4 is 0 Å². The first-order valence-corrected chi connectivity index (χ1v) is 5.71. The Morgan fingerprint density at radius 1 is 1.40 bits per heavy atom. The molecule has 0 aromatic heterocycles. The number of hydrogen-bond acceptors (Lipinski definition) is 2. The average molecular weight is 269 g/mol. The van der Waals surface area contributed by atoms with Crippen molar-refractivity contribution in [3.63, 3.8) is 0 Å². The lowest BCUT2D eigenvalue weighted by Crippen LogP contribution is -2.05. The molecule has 15 heavy (non-hydrogen) atoms. The minimum absolute atomic E-state index is 0.299. The molecule has 0 saturated heterocycles. The Labute approximate surface area is 98.1 Å². The number of rotatable bonds is 3. The molecule has 0 aliphatic carbocycles. The maximum Gasteiger partial charge on any atom is 0.334 e. The van der Waals surface area contributed by atoms with Crippen LogP contribution in [0.5, 0.6) is 0 Å². The van der Waals surface area contributed by atoms with Gasteiger partial charge < -0.3 is 4.74 Å². The second-order valence-electron chi connectivity index (χ2n) is 3.21. The van der Waals surface area contributed by atoms with Gasteiger partial charge in [0.05, 0.1) is 7.11 Å². The highest BCUT2D eigenvalue weighted by atomic mass is 79.9. The molecule has 0 N–H and O–H groups in total. The first kappa shape index (κ1) is 12.0. The molecule has 0 heterocycles. The number of esters is 1. The van der Waals surface area contributed by atoms with Gasteiger partial charge in [-0.2, -0.15) is 0 Å². The van der Waals surface area contributed by atoms with Gasteiger partial charge in [-0.25, -0.2) is 4.79 Å². The van der Waals surface area contributed by atoms with Gasteiger partial charge in [0.2, 0.25) is 0 Å². The lowest BCUT2D eigenvalue weighted by Gasteiger charge is -2.01. The Hall–Kier alpha value is -1.09. The molecule has 0 saturated carbocycles. The molecule has 0 bridgehead atoms. The number of carbonyl (C=O) groups excluding carboxylic acids is 1. The molecule has 0 atom stereocenters. The molecule has 0 spiro atoms. The normalized spacial score (nSPS) is 11.3. The van der Waals surface area contributed by atoms with E-state index in [-0.39, 0.29) is 5.97 Å². The van der Waals surface area contributed by atoms with Crippen LogP contribution in [0.25, 0.3) is 6.08 Å². The quantitative estimate of drug-likeness (QED) is 0.479. The lowest BCUT2D eigenvalue weighted by molar-refractivity contribution is -0.135. The maximum atomic E-state index is 11.3. The highest BCUT2D eigenvalue weighted by Gasteiger charge is 2.07. The molecule has 3 heteroatoms. The molecule has 0 aliphatic heterocycles. The number of halogens is 1. The van der Waals surface area contributed by atoms with E-state index >= 15 is 0 Å². The van der Waals surface area contributed by atoms with E-state index in [0.29, 0.717) is 10.9 Å². The van der Waals surface area contributed by atoms with Crippen LogP contribution in [0.15, 0.2) is 29.8 Å². The van der Waals surface area contributed by atoms with Crippen LogP contribution in [0.3, 0.4) is 0 Å². The Morgan fingerprint density at radius 2 is 2.00 bits per heavy atom. The van der Waals surface area contributed by atoms with E-state index in [1.54, 1.807) is 0 Å². The second-order valence-corrected chi connectivity index (χ2v) is 3.77. The average Bonchev–Trinajstić information content (AvgIpc) is 2.27. The molecular formula is C12H13BrO2. The summed E-state index contributed by atoms with van der Waals surface area (Å²) >= 11 is 3.26. The predicted molar refractivity (Wildman–Crippen MR) is 65.0 cm³/mol. The zero-order chi connectivity index (χ0) is 11.3. The molecule has 0 aliphatic rings. The third-order valence-electron chi connectivity index (χ3n) is 2.01. The Balaban J connectivity index is 2.93. The first-order valence-electron chi connectivity index (χ1n) is 4.59. The summed E-state index contributed by atoms with van der Waals surface area (Å²) in [6.45, 7) is 2.03. The molecule has 1 aromatic carbocycles. The van der Waals surface area contributed by atoms with Crippen LogP contribution in [0.2, 0.25) is 0 Å². The molecule has 0 fully saturated rings. The Kier molecular flexibility index (Phi) is 4.56. The van der Waals surface area contributed by atoms with Gasteiger partial charge in [-0.05, 0) is 18.6 Å². The zero-order valence-corrected chi connectivity index (χ0v) is 10.4. The van der Waals surface area contributed by atoms with E-state index in [2.05, 4.69) is 20.7 Å². The molecule has 2 nitrogen and oxygen atoms in total. The molecule has 0 radical (unpaired) electrons. The summed E-state index contributed by atoms with van der Waals surface area (Å²) in [5, 5.41) is 0.494. The van der Waals surface area contributed by atoms with Crippen LogP contribution in [0.1, 0.15) is 11.1 Å². The summed E-state index contributed by atoms with van der Waals surface area (Å²) in [6.07, 6.45) is 1.82. The molecule has 80 valence electrons. The fourth-order valence-corrected chi connectivity index (χ4v) is 1.54. The van der Waals surface area contributed by atoms with E-state index in [4.69, 9.17) is 0 Å². The first-order chi connectivity index (χ1) is 7.17. The van der Waals surface area contributed by atoms with Crippen LogP contribution >= 0.6 is 15.9 Å². The van der Waals surface area contributed by atoms with Gasteiger partial charge in [-0.3, -0.25) is 0 Å². The van der Waals surface area contributed by atoms with E-state index < -0.39 is 0 Å². The van der Waals surface area contributed by atoms with Crippen molar-refractivity contribution in [3.05, 3.63) is 41.0 Å². The van der Waals surface area contributed by atoms with Crippen molar-refractivity contribution in [1.29, 1.82) is 0 Å². The van der Waals surface area contributed by atoms with Crippen molar-refractivity contribution >= 4 is 28.0 Å². The third kappa shape index (κ3) is 3.51. The zero-order valence-electron chi connectivity index (χ0n) is 8.79. The van der Waals surface area contributed by atoms with Crippen molar-refractivity contribution < 1.29 is 9.53 Å². The van der Waals surface area contributed by atoms with E-state index in [0.717, 1.165) is 5.56 Å². The molecule has 1 rings (SSSR count). The van der Waals surface area contributed by atoms with Crippen LogP contribution in [-0.2, 0) is 9.53 Å². The monoisotopic (exact) mass is 268 g/mol. The molecular weight excluding hydrogens is 256 g/mol. The number of benzene rings is 1. The standard InChI is InChI=1S/C12H13BrO2/c1-9-3-5-10(6-4-9)7-11(8-13)12(14)15-2/h3-7H,8H2,1-2H3/b11-7+. The van der Waals surface area contributed by atoms with Gasteiger partial charge in [0.1, 0.15) is 0 Å². The van der Waals surface area contributed by atoms with Gasteiger partial charge in [0, 0.05) is 10.9 Å². The third-order valence-corrected chi connectivity index (χ3v) is 2.61. The van der Waals surface area contributed by atoms with Crippen molar-refractivity contribution in [2.45, 2.75) is 6.92 Å². The lowest BCUT2D eigenvalue weighted by atomic mass is 10.1. The molecule has 1 aromatic rings. The van der Waals surface area contributed by atoms with Crippen molar-refractivity contribution in [3.8, 4) is 0 Å². The summed E-state index contributed by atoms with van der Waals surface area (Å²) < 4.78 is 4.66. The van der Waals surface area contributed by atoms with Crippen LogP contribution in [0, 0.1) is 6.92 Å². The molecule has 0 amide bonds. The summed E-state index contributed by atoms with van der Waals surface area (Å²) in [5.41, 5.74) is 2.81. The van der Waals surface area contributed by atoms with Crippen molar-refractivity contribution in [1.82, 2.24) is 0 Å². The fraction of sp³-hybridized carbons (Fsp3) is 0.250. The highest BCUT2D eigenvalue weighted by molar-refractivity contribution is 9.09. The van der Waals surface area contributed by atoms with Crippen LogP contribution in [0.4, 0.5) is 0 Å². The van der Waals surface area contributed by atoms with E-state index in [1.165, 1.54) is 12.7 Å². The Morgan fingerprint density at radius 3 is 2.47 bits per heavy atom. The van der Waals surface area contributed by atoms with E-state index in [9.17, 15) is 4.79 Å². The largest absolute Gasteiger partial charge is 0.466 e. The van der Waals surface area contributed by atoms with Gasteiger partial charge in [-0.1, -0.05) is 45.8 Å². The fourth-order valence-electron chi connectivity index (χ4n) is 1.15. The maximum absolute atomic E-state index is 11.3. The van der Waals surface area contributed by atoms with E-state index in [1.807, 2.05) is 37.3 Å². The van der Waals surface area contributed by atoms with Crippen molar-refractivity contribution in [2.75, 3.05) is 12.4 Å². The van der Waals surface area contributed by atoms with Crippen molar-refractivity contribution in [2.24, 2.45) is 0 Å². The second kappa shape index (κ2) is 5.71. The number of alkyl halides is 1. The Bertz CT molecular complexity index is 366. The van der Waals surface area contributed by atoms with Gasteiger partial charge in [0.25, 0.3) is 0 Å². The summed E-state index contributed by atoms with van der Waals surface area (Å²) in [4.78, 5) is 11.3. The van der Waals surface area contributed by atoms with Crippen LogP contribution in [-0.4, -0.2) is 18.4 Å². The summed E-state index contributed by atoms with van der Waals surface area (Å²) in [6, 6.07) is 7.96. The predicted octanol–water partition coefficient (Wildman–Crippen LogP) is 2.95. The van der Waals surface area contributed by atoms with Gasteiger partial charge in [-0.15, -0.1) is 0 Å². The minimum Gasteiger partial charge on any atom is -0.466 e. The number of aryl methyl sites for hydroxylation is 1. The minimum atomic E-state index is -0.299. The number of methoxy groups -OCH3 is 1. The van der Waals surface area contributed by atoms with Gasteiger partial charge in [0.15, 0.2) is 0 Å². The number of hydrogen-bond donors (Lipinski definition) is 0. The summed E-state index contributed by atoms with van der Waals surface area (Å²) in [7, 11) is 1.38. The molecule has 0 unspecified atom stereocenters. The summed E-state index contributed by atoms with van der Waals surface area (Å²) in [5.74, 6) is -0.299. The number of ether oxygens (including phenoxy) is 1. The number of carbonyl (C=O) groups is 1. The highest BCUT2D eigenvalue weighted by Crippen LogP contribution is 2.11.